The molecule has 0 spiro atoms. The average molecular weight is 247 g/mol. The van der Waals surface area contributed by atoms with Gasteiger partial charge in [-0.15, -0.1) is 0 Å². The summed E-state index contributed by atoms with van der Waals surface area (Å²) < 4.78 is 5.86. The summed E-state index contributed by atoms with van der Waals surface area (Å²) in [5.41, 5.74) is 0.731. The molecule has 3 heteroatoms. The van der Waals surface area contributed by atoms with Crippen molar-refractivity contribution in [2.24, 2.45) is 0 Å². The fraction of sp³-hybridized carbons (Fsp3) is 0.400. The maximum absolute atomic E-state index is 11.4. The maximum Gasteiger partial charge on any atom is 0.243 e. The van der Waals surface area contributed by atoms with E-state index in [4.69, 9.17) is 4.74 Å². The van der Waals surface area contributed by atoms with Gasteiger partial charge in [0.05, 0.1) is 0 Å². The van der Waals surface area contributed by atoms with Gasteiger partial charge in [0.25, 0.3) is 0 Å². The number of hydrogen-bond donors (Lipinski definition) is 1. The van der Waals surface area contributed by atoms with Crippen LogP contribution in [0.2, 0.25) is 0 Å². The van der Waals surface area contributed by atoms with E-state index in [9.17, 15) is 4.79 Å². The summed E-state index contributed by atoms with van der Waals surface area (Å²) in [6, 6.07) is 7.74. The Hall–Kier alpha value is -1.77. The average Bonchev–Trinajstić information content (AvgIpc) is 2.26. The minimum atomic E-state index is -0.247. The van der Waals surface area contributed by atoms with Gasteiger partial charge in [0, 0.05) is 12.1 Å². The summed E-state index contributed by atoms with van der Waals surface area (Å²) >= 11 is 0. The molecule has 0 aromatic heterocycles. The number of carbonyl (C=O) groups is 1. The third-order valence-electron chi connectivity index (χ3n) is 2.16. The summed E-state index contributed by atoms with van der Waals surface area (Å²) in [6.45, 7) is 8.29. The smallest absolute Gasteiger partial charge is 0.243 e. The first kappa shape index (κ1) is 14.3. The van der Waals surface area contributed by atoms with Crippen LogP contribution in [0.5, 0.6) is 5.75 Å². The Kier molecular flexibility index (Phi) is 4.95. The molecule has 0 heterocycles. The minimum absolute atomic E-state index is 0.0944. The summed E-state index contributed by atoms with van der Waals surface area (Å²) in [4.78, 5) is 11.4. The lowest BCUT2D eigenvalue weighted by atomic mass is 10.1. The highest BCUT2D eigenvalue weighted by molar-refractivity contribution is 5.87. The number of ether oxygens (including phenoxy) is 1. The first-order valence-corrected chi connectivity index (χ1v) is 6.10. The van der Waals surface area contributed by atoms with Crippen LogP contribution in [0.4, 0.5) is 0 Å². The molecule has 0 aliphatic carbocycles. The van der Waals surface area contributed by atoms with Crippen LogP contribution in [0, 0.1) is 0 Å². The van der Waals surface area contributed by atoms with Gasteiger partial charge >= 0.3 is 0 Å². The fourth-order valence-corrected chi connectivity index (χ4v) is 1.47. The second-order valence-electron chi connectivity index (χ2n) is 5.04. The van der Waals surface area contributed by atoms with Crippen LogP contribution < -0.4 is 10.1 Å². The lowest BCUT2D eigenvalue weighted by molar-refractivity contribution is -0.116. The van der Waals surface area contributed by atoms with E-state index in [1.165, 1.54) is 6.08 Å². The highest BCUT2D eigenvalue weighted by Crippen LogP contribution is 2.22. The van der Waals surface area contributed by atoms with Gasteiger partial charge in [0.1, 0.15) is 11.4 Å². The van der Waals surface area contributed by atoms with E-state index in [1.54, 1.807) is 6.08 Å². The second kappa shape index (κ2) is 6.24. The van der Waals surface area contributed by atoms with Crippen LogP contribution in [-0.4, -0.2) is 11.5 Å². The zero-order valence-corrected chi connectivity index (χ0v) is 11.5. The van der Waals surface area contributed by atoms with Crippen molar-refractivity contribution in [1.82, 2.24) is 5.32 Å². The largest absolute Gasteiger partial charge is 0.488 e. The monoisotopic (exact) mass is 247 g/mol. The van der Waals surface area contributed by atoms with Crippen LogP contribution in [0.15, 0.2) is 36.4 Å². The lowest BCUT2D eigenvalue weighted by Crippen LogP contribution is -2.25. The van der Waals surface area contributed by atoms with Crippen LogP contribution >= 0.6 is 0 Å². The Morgan fingerprint density at radius 3 is 2.61 bits per heavy atom. The third-order valence-corrected chi connectivity index (χ3v) is 2.16. The van der Waals surface area contributed by atoms with Gasteiger partial charge in [-0.2, -0.15) is 0 Å². The van der Waals surface area contributed by atoms with E-state index in [1.807, 2.05) is 52.0 Å². The molecule has 0 bridgehead atoms. The number of rotatable bonds is 4. The van der Waals surface area contributed by atoms with Crippen LogP contribution in [-0.2, 0) is 11.3 Å². The molecule has 1 amide bonds. The molecule has 0 aliphatic rings. The van der Waals surface area contributed by atoms with Gasteiger partial charge in [-0.3, -0.25) is 4.79 Å². The second-order valence-corrected chi connectivity index (χ2v) is 5.04. The van der Waals surface area contributed by atoms with Crippen molar-refractivity contribution in [3.05, 3.63) is 42.0 Å². The SMILES string of the molecule is C/C=C/C(=O)NCc1ccccc1OC(C)(C)C. The predicted molar refractivity (Wildman–Crippen MR) is 73.5 cm³/mol. The molecule has 0 atom stereocenters. The van der Waals surface area contributed by atoms with Crippen molar-refractivity contribution in [2.45, 2.75) is 39.8 Å². The van der Waals surface area contributed by atoms with E-state index in [2.05, 4.69) is 5.32 Å². The first-order valence-electron chi connectivity index (χ1n) is 6.10. The molecular formula is C15H21NO2. The molecule has 0 aliphatic heterocycles. The number of benzene rings is 1. The minimum Gasteiger partial charge on any atom is -0.488 e. The molecular weight excluding hydrogens is 226 g/mol. The number of amides is 1. The number of hydrogen-bond acceptors (Lipinski definition) is 2. The van der Waals surface area contributed by atoms with E-state index in [0.29, 0.717) is 6.54 Å². The fourth-order valence-electron chi connectivity index (χ4n) is 1.47. The molecule has 0 saturated carbocycles. The molecule has 0 fully saturated rings. The summed E-state index contributed by atoms with van der Waals surface area (Å²) in [5, 5.41) is 2.82. The topological polar surface area (TPSA) is 38.3 Å². The predicted octanol–water partition coefficient (Wildman–Crippen LogP) is 3.06. The highest BCUT2D eigenvalue weighted by atomic mass is 16.5. The molecule has 0 saturated heterocycles. The normalized spacial score (nSPS) is 11.6. The summed E-state index contributed by atoms with van der Waals surface area (Å²) in [5.74, 6) is 0.717. The third kappa shape index (κ3) is 5.04. The Morgan fingerprint density at radius 2 is 2.00 bits per heavy atom. The molecule has 3 nitrogen and oxygen atoms in total. The molecule has 0 radical (unpaired) electrons. The van der Waals surface area contributed by atoms with E-state index in [-0.39, 0.29) is 11.5 Å². The molecule has 1 rings (SSSR count). The van der Waals surface area contributed by atoms with Crippen molar-refractivity contribution >= 4 is 5.91 Å². The molecule has 1 aromatic carbocycles. The van der Waals surface area contributed by atoms with Gasteiger partial charge < -0.3 is 10.1 Å². The van der Waals surface area contributed by atoms with Crippen molar-refractivity contribution in [1.29, 1.82) is 0 Å². The summed E-state index contributed by atoms with van der Waals surface area (Å²) in [6.07, 6.45) is 3.22. The maximum atomic E-state index is 11.4. The molecule has 1 N–H and O–H groups in total. The van der Waals surface area contributed by atoms with Gasteiger partial charge in [0.2, 0.25) is 5.91 Å². The Bertz CT molecular complexity index is 430. The Labute approximate surface area is 109 Å². The van der Waals surface area contributed by atoms with Crippen molar-refractivity contribution < 1.29 is 9.53 Å². The highest BCUT2D eigenvalue weighted by Gasteiger charge is 2.14. The molecule has 1 aromatic rings. The van der Waals surface area contributed by atoms with Gasteiger partial charge in [-0.25, -0.2) is 0 Å². The zero-order chi connectivity index (χ0) is 13.6. The van der Waals surface area contributed by atoms with Crippen LogP contribution in [0.1, 0.15) is 33.3 Å². The molecule has 18 heavy (non-hydrogen) atoms. The number of allylic oxidation sites excluding steroid dienone is 1. The van der Waals surface area contributed by atoms with E-state index >= 15 is 0 Å². The number of carbonyl (C=O) groups excluding carboxylic acids is 1. The van der Waals surface area contributed by atoms with Crippen molar-refractivity contribution in [3.8, 4) is 5.75 Å². The Morgan fingerprint density at radius 1 is 1.33 bits per heavy atom. The van der Waals surface area contributed by atoms with Crippen molar-refractivity contribution in [2.75, 3.05) is 0 Å². The molecule has 0 unspecified atom stereocenters. The van der Waals surface area contributed by atoms with Gasteiger partial charge in [0.15, 0.2) is 0 Å². The summed E-state index contributed by atoms with van der Waals surface area (Å²) in [7, 11) is 0. The van der Waals surface area contributed by atoms with Crippen LogP contribution in [0.3, 0.4) is 0 Å². The number of para-hydroxylation sites is 1. The lowest BCUT2D eigenvalue weighted by Gasteiger charge is -2.23. The Balaban J connectivity index is 2.73. The van der Waals surface area contributed by atoms with E-state index in [0.717, 1.165) is 11.3 Å². The quantitative estimate of drug-likeness (QED) is 0.830. The van der Waals surface area contributed by atoms with Crippen LogP contribution in [0.25, 0.3) is 0 Å². The first-order chi connectivity index (χ1) is 8.42. The van der Waals surface area contributed by atoms with Crippen molar-refractivity contribution in [3.63, 3.8) is 0 Å². The van der Waals surface area contributed by atoms with E-state index < -0.39 is 0 Å². The van der Waals surface area contributed by atoms with Gasteiger partial charge in [-0.05, 0) is 39.8 Å². The van der Waals surface area contributed by atoms with Gasteiger partial charge in [-0.1, -0.05) is 24.3 Å². The molecule has 98 valence electrons. The number of nitrogens with one attached hydrogen (secondary N) is 1. The standard InChI is InChI=1S/C15H21NO2/c1-5-8-14(17)16-11-12-9-6-7-10-13(12)18-15(2,3)4/h5-10H,11H2,1-4H3,(H,16,17)/b8-5+. The zero-order valence-electron chi connectivity index (χ0n) is 11.5.